The van der Waals surface area contributed by atoms with E-state index in [1.54, 1.807) is 0 Å². The van der Waals surface area contributed by atoms with Crippen LogP contribution >= 0.6 is 11.6 Å². The average molecular weight is 446 g/mol. The number of hydrogen-bond acceptors (Lipinski definition) is 4. The highest BCUT2D eigenvalue weighted by Crippen LogP contribution is 2.37. The van der Waals surface area contributed by atoms with Gasteiger partial charge < -0.3 is 9.84 Å². The van der Waals surface area contributed by atoms with E-state index in [4.69, 9.17) is 21.4 Å². The summed E-state index contributed by atoms with van der Waals surface area (Å²) < 4.78 is 8.13. The Morgan fingerprint density at radius 3 is 2.42 bits per heavy atom. The number of aryl methyl sites for hydroxylation is 2. The van der Waals surface area contributed by atoms with Crippen LogP contribution in [0.2, 0.25) is 5.02 Å². The molecular formula is C25H36ClN3O2. The molecule has 1 aliphatic heterocycles. The summed E-state index contributed by atoms with van der Waals surface area (Å²) in [6, 6.07) is 11.2. The predicted octanol–water partition coefficient (Wildman–Crippen LogP) is 4.49. The van der Waals surface area contributed by atoms with E-state index in [0.717, 1.165) is 30.8 Å². The van der Waals surface area contributed by atoms with Gasteiger partial charge in [-0.3, -0.25) is 9.58 Å². The van der Waals surface area contributed by atoms with Crippen molar-refractivity contribution in [3.63, 3.8) is 0 Å². The Morgan fingerprint density at radius 2 is 1.84 bits per heavy atom. The SMILES string of the molecule is Cc1cc(C2CCC(N3CC(C(C)(C)O)OCC3Cc3ccc(Cl)cc3)CC2)nn1C. The highest BCUT2D eigenvalue weighted by Gasteiger charge is 2.40. The van der Waals surface area contributed by atoms with E-state index in [1.807, 2.05) is 37.7 Å². The Hall–Kier alpha value is -1.40. The molecule has 170 valence electrons. The molecule has 1 N–H and O–H groups in total. The number of rotatable bonds is 5. The number of ether oxygens (including phenoxy) is 1. The van der Waals surface area contributed by atoms with Crippen LogP contribution in [0.5, 0.6) is 0 Å². The van der Waals surface area contributed by atoms with Crippen LogP contribution in [0.25, 0.3) is 0 Å². The van der Waals surface area contributed by atoms with E-state index in [9.17, 15) is 5.11 Å². The van der Waals surface area contributed by atoms with Crippen molar-refractivity contribution in [1.29, 1.82) is 0 Å². The molecule has 0 amide bonds. The lowest BCUT2D eigenvalue weighted by Crippen LogP contribution is -2.59. The summed E-state index contributed by atoms with van der Waals surface area (Å²) in [5, 5.41) is 16.1. The van der Waals surface area contributed by atoms with Crippen molar-refractivity contribution in [3.05, 3.63) is 52.3 Å². The summed E-state index contributed by atoms with van der Waals surface area (Å²) in [5.41, 5.74) is 2.91. The molecule has 1 aliphatic carbocycles. The lowest BCUT2D eigenvalue weighted by Gasteiger charge is -2.48. The zero-order valence-corrected chi connectivity index (χ0v) is 20.0. The molecule has 2 aliphatic rings. The third-order valence-electron chi connectivity index (χ3n) is 7.22. The molecule has 0 radical (unpaired) electrons. The minimum atomic E-state index is -0.841. The summed E-state index contributed by atoms with van der Waals surface area (Å²) in [5.74, 6) is 0.553. The molecule has 2 heterocycles. The molecule has 5 nitrogen and oxygen atoms in total. The van der Waals surface area contributed by atoms with Crippen LogP contribution in [0.4, 0.5) is 0 Å². The van der Waals surface area contributed by atoms with Gasteiger partial charge in [0.2, 0.25) is 0 Å². The van der Waals surface area contributed by atoms with Crippen molar-refractivity contribution >= 4 is 11.6 Å². The van der Waals surface area contributed by atoms with Crippen molar-refractivity contribution < 1.29 is 9.84 Å². The predicted molar refractivity (Wildman–Crippen MR) is 125 cm³/mol. The highest BCUT2D eigenvalue weighted by atomic mass is 35.5. The van der Waals surface area contributed by atoms with Crippen LogP contribution in [0.3, 0.4) is 0 Å². The van der Waals surface area contributed by atoms with Gasteiger partial charge in [-0.25, -0.2) is 0 Å². The molecule has 2 atom stereocenters. The molecule has 1 saturated heterocycles. The van der Waals surface area contributed by atoms with Crippen molar-refractivity contribution in [2.75, 3.05) is 13.2 Å². The summed E-state index contributed by atoms with van der Waals surface area (Å²) in [6.07, 6.45) is 5.44. The standard InChI is InChI=1S/C25H36ClN3O2/c1-17-13-23(27-28(17)4)19-7-11-21(12-8-19)29-15-24(25(2,3)30)31-16-22(29)14-18-5-9-20(26)10-6-18/h5-6,9-10,13,19,21-22,24,30H,7-8,11-12,14-16H2,1-4H3. The molecule has 2 aromatic rings. The molecule has 6 heteroatoms. The van der Waals surface area contributed by atoms with Crippen LogP contribution < -0.4 is 0 Å². The van der Waals surface area contributed by atoms with Gasteiger partial charge in [-0.2, -0.15) is 5.10 Å². The van der Waals surface area contributed by atoms with Gasteiger partial charge in [-0.1, -0.05) is 23.7 Å². The molecule has 4 rings (SSSR count). The second-order valence-corrected chi connectivity index (χ2v) is 10.4. The van der Waals surface area contributed by atoms with Gasteiger partial charge in [0, 0.05) is 42.3 Å². The first-order valence-corrected chi connectivity index (χ1v) is 11.9. The maximum Gasteiger partial charge on any atom is 0.0983 e. The Balaban J connectivity index is 1.46. The second kappa shape index (κ2) is 9.22. The molecule has 31 heavy (non-hydrogen) atoms. The lowest BCUT2D eigenvalue weighted by atomic mass is 9.82. The van der Waals surface area contributed by atoms with Gasteiger partial charge in [-0.15, -0.1) is 0 Å². The zero-order valence-electron chi connectivity index (χ0n) is 19.2. The zero-order chi connectivity index (χ0) is 22.2. The summed E-state index contributed by atoms with van der Waals surface area (Å²) in [6.45, 7) is 7.26. The van der Waals surface area contributed by atoms with Crippen LogP contribution in [0.1, 0.15) is 62.4 Å². The number of halogens is 1. The summed E-state index contributed by atoms with van der Waals surface area (Å²) in [4.78, 5) is 2.63. The van der Waals surface area contributed by atoms with Crippen molar-refractivity contribution in [2.24, 2.45) is 7.05 Å². The van der Waals surface area contributed by atoms with Gasteiger partial charge in [0.05, 0.1) is 24.0 Å². The monoisotopic (exact) mass is 445 g/mol. The van der Waals surface area contributed by atoms with Crippen LogP contribution in [-0.4, -0.2) is 56.7 Å². The highest BCUT2D eigenvalue weighted by molar-refractivity contribution is 6.30. The number of aliphatic hydroxyl groups is 1. The Kier molecular flexibility index (Phi) is 6.78. The van der Waals surface area contributed by atoms with Gasteiger partial charge in [0.25, 0.3) is 0 Å². The fourth-order valence-electron chi connectivity index (χ4n) is 5.15. The third kappa shape index (κ3) is 5.33. The average Bonchev–Trinajstić information content (AvgIpc) is 3.08. The number of morpholine rings is 1. The first-order chi connectivity index (χ1) is 14.7. The molecule has 2 fully saturated rings. The Morgan fingerprint density at radius 1 is 1.16 bits per heavy atom. The van der Waals surface area contributed by atoms with Crippen LogP contribution in [0.15, 0.2) is 30.3 Å². The van der Waals surface area contributed by atoms with E-state index >= 15 is 0 Å². The van der Waals surface area contributed by atoms with E-state index in [-0.39, 0.29) is 6.10 Å². The fraction of sp³-hybridized carbons (Fsp3) is 0.640. The maximum absolute atomic E-state index is 10.6. The van der Waals surface area contributed by atoms with Gasteiger partial charge in [0.1, 0.15) is 0 Å². The summed E-state index contributed by atoms with van der Waals surface area (Å²) >= 11 is 6.08. The molecule has 2 unspecified atom stereocenters. The smallest absolute Gasteiger partial charge is 0.0983 e. The number of hydrogen-bond donors (Lipinski definition) is 1. The molecule has 1 aromatic carbocycles. The van der Waals surface area contributed by atoms with Crippen LogP contribution in [0, 0.1) is 6.92 Å². The maximum atomic E-state index is 10.6. The molecule has 1 saturated carbocycles. The van der Waals surface area contributed by atoms with E-state index in [2.05, 4.69) is 30.0 Å². The molecule has 1 aromatic heterocycles. The van der Waals surface area contributed by atoms with Crippen molar-refractivity contribution in [3.8, 4) is 0 Å². The largest absolute Gasteiger partial charge is 0.388 e. The van der Waals surface area contributed by atoms with Gasteiger partial charge in [-0.05, 0) is 76.6 Å². The van der Waals surface area contributed by atoms with Crippen molar-refractivity contribution in [2.45, 2.75) is 82.6 Å². The Labute approximate surface area is 191 Å². The van der Waals surface area contributed by atoms with Gasteiger partial charge >= 0.3 is 0 Å². The van der Waals surface area contributed by atoms with Gasteiger partial charge in [0.15, 0.2) is 0 Å². The molecule has 0 bridgehead atoms. The second-order valence-electron chi connectivity index (χ2n) is 10.00. The Bertz CT molecular complexity index is 846. The third-order valence-corrected chi connectivity index (χ3v) is 7.48. The first-order valence-electron chi connectivity index (χ1n) is 11.6. The minimum Gasteiger partial charge on any atom is -0.388 e. The van der Waals surface area contributed by atoms with Crippen LogP contribution in [-0.2, 0) is 18.2 Å². The van der Waals surface area contributed by atoms with Crippen molar-refractivity contribution in [1.82, 2.24) is 14.7 Å². The van der Waals surface area contributed by atoms with E-state index in [1.165, 1.54) is 29.8 Å². The van der Waals surface area contributed by atoms with E-state index < -0.39 is 5.60 Å². The number of aromatic nitrogens is 2. The number of benzene rings is 1. The number of nitrogens with zero attached hydrogens (tertiary/aromatic N) is 3. The molecule has 0 spiro atoms. The fourth-order valence-corrected chi connectivity index (χ4v) is 5.28. The van der Waals surface area contributed by atoms with E-state index in [0.29, 0.717) is 24.6 Å². The lowest BCUT2D eigenvalue weighted by molar-refractivity contribution is -0.155. The topological polar surface area (TPSA) is 50.5 Å². The quantitative estimate of drug-likeness (QED) is 0.736. The normalized spacial score (nSPS) is 28.1. The molecular weight excluding hydrogens is 410 g/mol. The summed E-state index contributed by atoms with van der Waals surface area (Å²) in [7, 11) is 2.02. The first kappa shape index (κ1) is 22.8. The minimum absolute atomic E-state index is 0.162.